The monoisotopic (exact) mass is 330 g/mol. The van der Waals surface area contributed by atoms with Gasteiger partial charge in [-0.15, -0.1) is 0 Å². The standard InChI is InChI=1S/C14H20N2.C2HF3O2/c1-2-6-16(7-3-1)11-12-4-5-13-9-15-10-14(13)8-12;3-2(4,5)1(6)7/h4-5,8,15H,1-3,6-7,9-11H2;(H,6,7). The minimum Gasteiger partial charge on any atom is -0.475 e. The third-order valence-electron chi connectivity index (χ3n) is 4.00. The maximum Gasteiger partial charge on any atom is 0.490 e. The Labute approximate surface area is 133 Å². The van der Waals surface area contributed by atoms with Crippen molar-refractivity contribution in [1.29, 1.82) is 0 Å². The molecule has 0 bridgehead atoms. The first-order valence-corrected chi connectivity index (χ1v) is 7.70. The molecule has 0 unspecified atom stereocenters. The molecule has 0 amide bonds. The second-order valence-corrected chi connectivity index (χ2v) is 5.85. The predicted molar refractivity (Wildman–Crippen MR) is 79.8 cm³/mol. The van der Waals surface area contributed by atoms with Crippen molar-refractivity contribution in [3.8, 4) is 0 Å². The molecule has 2 aliphatic rings. The molecule has 2 aliphatic heterocycles. The number of hydrogen-bond donors (Lipinski definition) is 2. The lowest BCUT2D eigenvalue weighted by atomic mass is 10.0. The lowest BCUT2D eigenvalue weighted by Gasteiger charge is -2.26. The SMILES string of the molecule is O=C(O)C(F)(F)F.c1cc2c(cc1CN1CCCCC1)CNC2. The summed E-state index contributed by atoms with van der Waals surface area (Å²) in [6.45, 7) is 5.83. The molecular weight excluding hydrogens is 309 g/mol. The number of benzene rings is 1. The molecule has 0 atom stereocenters. The van der Waals surface area contributed by atoms with Gasteiger partial charge in [0.25, 0.3) is 0 Å². The van der Waals surface area contributed by atoms with Crippen molar-refractivity contribution in [3.63, 3.8) is 0 Å². The Hall–Kier alpha value is -1.60. The van der Waals surface area contributed by atoms with Crippen molar-refractivity contribution in [2.45, 2.75) is 45.1 Å². The number of nitrogens with zero attached hydrogens (tertiary/aromatic N) is 1. The van der Waals surface area contributed by atoms with E-state index in [1.165, 1.54) is 49.0 Å². The fraction of sp³-hybridized carbons (Fsp3) is 0.562. The maximum absolute atomic E-state index is 10.6. The predicted octanol–water partition coefficient (Wildman–Crippen LogP) is 2.91. The van der Waals surface area contributed by atoms with Crippen molar-refractivity contribution in [2.24, 2.45) is 0 Å². The maximum atomic E-state index is 10.6. The topological polar surface area (TPSA) is 52.6 Å². The van der Waals surface area contributed by atoms with Gasteiger partial charge >= 0.3 is 12.1 Å². The van der Waals surface area contributed by atoms with Crippen LogP contribution in [0.15, 0.2) is 18.2 Å². The van der Waals surface area contributed by atoms with Gasteiger partial charge < -0.3 is 10.4 Å². The van der Waals surface area contributed by atoms with Crippen LogP contribution in [0.25, 0.3) is 0 Å². The van der Waals surface area contributed by atoms with Crippen LogP contribution < -0.4 is 5.32 Å². The molecule has 3 rings (SSSR count). The van der Waals surface area contributed by atoms with Gasteiger partial charge in [-0.25, -0.2) is 4.79 Å². The normalized spacial score (nSPS) is 18.0. The number of aliphatic carboxylic acids is 1. The highest BCUT2D eigenvalue weighted by Gasteiger charge is 2.38. The molecule has 128 valence electrons. The minimum atomic E-state index is -5.08. The summed E-state index contributed by atoms with van der Waals surface area (Å²) in [5.74, 6) is -2.76. The van der Waals surface area contributed by atoms with Crippen LogP contribution in [0.1, 0.15) is 36.0 Å². The first kappa shape index (κ1) is 17.7. The smallest absolute Gasteiger partial charge is 0.475 e. The number of halogens is 3. The molecular formula is C16H21F3N2O2. The fourth-order valence-electron chi connectivity index (χ4n) is 2.82. The van der Waals surface area contributed by atoms with Crippen LogP contribution in [0.2, 0.25) is 0 Å². The molecule has 7 heteroatoms. The number of nitrogens with one attached hydrogen (secondary N) is 1. The molecule has 0 aromatic heterocycles. The van der Waals surface area contributed by atoms with Gasteiger partial charge in [0.2, 0.25) is 0 Å². The van der Waals surface area contributed by atoms with Gasteiger partial charge in [-0.2, -0.15) is 13.2 Å². The molecule has 1 fully saturated rings. The van der Waals surface area contributed by atoms with Gasteiger partial charge in [-0.05, 0) is 42.6 Å². The zero-order valence-electron chi connectivity index (χ0n) is 12.8. The third kappa shape index (κ3) is 5.51. The summed E-state index contributed by atoms with van der Waals surface area (Å²) in [6, 6.07) is 7.00. The van der Waals surface area contributed by atoms with Crippen molar-refractivity contribution in [2.75, 3.05) is 13.1 Å². The van der Waals surface area contributed by atoms with E-state index in [0.29, 0.717) is 0 Å². The number of fused-ring (bicyclic) bond motifs is 1. The molecule has 4 nitrogen and oxygen atoms in total. The zero-order chi connectivity index (χ0) is 16.9. The number of rotatable bonds is 2. The van der Waals surface area contributed by atoms with E-state index in [4.69, 9.17) is 9.90 Å². The number of likely N-dealkylation sites (tertiary alicyclic amines) is 1. The number of piperidine rings is 1. The van der Waals surface area contributed by atoms with Gasteiger partial charge in [0, 0.05) is 19.6 Å². The van der Waals surface area contributed by atoms with Crippen LogP contribution in [0, 0.1) is 0 Å². The molecule has 2 heterocycles. The molecule has 0 saturated carbocycles. The Balaban J connectivity index is 0.000000236. The number of alkyl halides is 3. The van der Waals surface area contributed by atoms with Crippen LogP contribution in [0.4, 0.5) is 13.2 Å². The van der Waals surface area contributed by atoms with E-state index in [1.54, 1.807) is 0 Å². The summed E-state index contributed by atoms with van der Waals surface area (Å²) in [4.78, 5) is 11.5. The summed E-state index contributed by atoms with van der Waals surface area (Å²) in [5.41, 5.74) is 4.49. The summed E-state index contributed by atoms with van der Waals surface area (Å²) in [5, 5.41) is 10.5. The Morgan fingerprint density at radius 2 is 1.74 bits per heavy atom. The van der Waals surface area contributed by atoms with Gasteiger partial charge in [0.05, 0.1) is 0 Å². The second-order valence-electron chi connectivity index (χ2n) is 5.85. The number of carboxylic acid groups (broad SMARTS) is 1. The fourth-order valence-corrected chi connectivity index (χ4v) is 2.82. The summed E-state index contributed by atoms with van der Waals surface area (Å²) in [7, 11) is 0. The van der Waals surface area contributed by atoms with Crippen molar-refractivity contribution in [1.82, 2.24) is 10.2 Å². The highest BCUT2D eigenvalue weighted by Crippen LogP contribution is 2.19. The lowest BCUT2D eigenvalue weighted by molar-refractivity contribution is -0.192. The highest BCUT2D eigenvalue weighted by atomic mass is 19.4. The quantitative estimate of drug-likeness (QED) is 0.875. The van der Waals surface area contributed by atoms with Crippen molar-refractivity contribution >= 4 is 5.97 Å². The molecule has 0 radical (unpaired) electrons. The van der Waals surface area contributed by atoms with Crippen LogP contribution in [0.5, 0.6) is 0 Å². The van der Waals surface area contributed by atoms with Gasteiger partial charge in [-0.3, -0.25) is 4.90 Å². The first-order valence-electron chi connectivity index (χ1n) is 7.70. The van der Waals surface area contributed by atoms with Gasteiger partial charge in [0.1, 0.15) is 0 Å². The Morgan fingerprint density at radius 3 is 2.35 bits per heavy atom. The van der Waals surface area contributed by atoms with E-state index >= 15 is 0 Å². The lowest BCUT2D eigenvalue weighted by Crippen LogP contribution is -2.29. The van der Waals surface area contributed by atoms with Crippen molar-refractivity contribution in [3.05, 3.63) is 34.9 Å². The van der Waals surface area contributed by atoms with Gasteiger partial charge in [-0.1, -0.05) is 24.6 Å². The summed E-state index contributed by atoms with van der Waals surface area (Å²) >= 11 is 0. The van der Waals surface area contributed by atoms with E-state index in [0.717, 1.165) is 19.6 Å². The molecule has 23 heavy (non-hydrogen) atoms. The third-order valence-corrected chi connectivity index (χ3v) is 4.00. The van der Waals surface area contributed by atoms with E-state index in [-0.39, 0.29) is 0 Å². The second kappa shape index (κ2) is 7.79. The Morgan fingerprint density at radius 1 is 1.13 bits per heavy atom. The van der Waals surface area contributed by atoms with Crippen LogP contribution >= 0.6 is 0 Å². The Kier molecular flexibility index (Phi) is 6.01. The summed E-state index contributed by atoms with van der Waals surface area (Å²) in [6.07, 6.45) is -0.899. The Bertz CT molecular complexity index is 541. The summed E-state index contributed by atoms with van der Waals surface area (Å²) < 4.78 is 31.7. The molecule has 0 aliphatic carbocycles. The van der Waals surface area contributed by atoms with E-state index in [9.17, 15) is 13.2 Å². The van der Waals surface area contributed by atoms with Crippen molar-refractivity contribution < 1.29 is 23.1 Å². The number of carbonyl (C=O) groups is 1. The number of carboxylic acids is 1. The zero-order valence-corrected chi connectivity index (χ0v) is 12.8. The average molecular weight is 330 g/mol. The first-order chi connectivity index (χ1) is 10.9. The molecule has 0 spiro atoms. The van der Waals surface area contributed by atoms with Gasteiger partial charge in [0.15, 0.2) is 0 Å². The highest BCUT2D eigenvalue weighted by molar-refractivity contribution is 5.73. The van der Waals surface area contributed by atoms with Crippen LogP contribution in [-0.4, -0.2) is 35.2 Å². The molecule has 1 aromatic rings. The largest absolute Gasteiger partial charge is 0.490 e. The number of hydrogen-bond acceptors (Lipinski definition) is 3. The van der Waals surface area contributed by atoms with E-state index in [2.05, 4.69) is 28.4 Å². The van der Waals surface area contributed by atoms with Crippen LogP contribution in [0.3, 0.4) is 0 Å². The molecule has 1 aromatic carbocycles. The minimum absolute atomic E-state index is 1.05. The van der Waals surface area contributed by atoms with E-state index < -0.39 is 12.1 Å². The molecule has 2 N–H and O–H groups in total. The van der Waals surface area contributed by atoms with E-state index in [1.807, 2.05) is 0 Å². The molecule has 1 saturated heterocycles. The van der Waals surface area contributed by atoms with Crippen LogP contribution in [-0.2, 0) is 24.4 Å². The average Bonchev–Trinajstić information content (AvgIpc) is 2.95.